The first kappa shape index (κ1) is 14.3. The van der Waals surface area contributed by atoms with E-state index in [9.17, 15) is 0 Å². The second-order valence-electron chi connectivity index (χ2n) is 5.82. The summed E-state index contributed by atoms with van der Waals surface area (Å²) in [6, 6.07) is 5.00. The van der Waals surface area contributed by atoms with Gasteiger partial charge in [-0.05, 0) is 31.9 Å². The van der Waals surface area contributed by atoms with E-state index >= 15 is 0 Å². The summed E-state index contributed by atoms with van der Waals surface area (Å²) in [6.45, 7) is 6.24. The van der Waals surface area contributed by atoms with Gasteiger partial charge in [-0.15, -0.1) is 0 Å². The van der Waals surface area contributed by atoms with E-state index in [-0.39, 0.29) is 0 Å². The van der Waals surface area contributed by atoms with Gasteiger partial charge in [0.25, 0.3) is 0 Å². The van der Waals surface area contributed by atoms with Gasteiger partial charge in [-0.1, -0.05) is 0 Å². The predicted octanol–water partition coefficient (Wildman–Crippen LogP) is 1.51. The SMILES string of the molecule is CC(Cn1cncn1)NC1CCN(Cc2ccco2)CC1. The Kier molecular flexibility index (Phi) is 4.67. The quantitative estimate of drug-likeness (QED) is 0.873. The molecular weight excluding hydrogens is 266 g/mol. The average molecular weight is 289 g/mol. The van der Waals surface area contributed by atoms with Crippen molar-refractivity contribution in [2.75, 3.05) is 13.1 Å². The van der Waals surface area contributed by atoms with E-state index < -0.39 is 0 Å². The van der Waals surface area contributed by atoms with Crippen LogP contribution in [0.4, 0.5) is 0 Å². The van der Waals surface area contributed by atoms with Gasteiger partial charge in [0.05, 0.1) is 19.4 Å². The lowest BCUT2D eigenvalue weighted by molar-refractivity contribution is 0.172. The molecule has 2 aromatic heterocycles. The van der Waals surface area contributed by atoms with E-state index in [4.69, 9.17) is 4.42 Å². The Morgan fingerprint density at radius 2 is 2.29 bits per heavy atom. The molecule has 0 bridgehead atoms. The van der Waals surface area contributed by atoms with Gasteiger partial charge < -0.3 is 9.73 Å². The summed E-state index contributed by atoms with van der Waals surface area (Å²) < 4.78 is 7.29. The summed E-state index contributed by atoms with van der Waals surface area (Å²) in [6.07, 6.45) is 7.46. The number of nitrogens with one attached hydrogen (secondary N) is 1. The zero-order valence-corrected chi connectivity index (χ0v) is 12.5. The first-order valence-corrected chi connectivity index (χ1v) is 7.63. The standard InChI is InChI=1S/C15H23N5O/c1-13(9-20-12-16-11-17-20)18-14-4-6-19(7-5-14)10-15-3-2-8-21-15/h2-3,8,11-14,18H,4-7,9-10H2,1H3. The lowest BCUT2D eigenvalue weighted by Crippen LogP contribution is -2.46. The van der Waals surface area contributed by atoms with Crippen molar-refractivity contribution in [1.29, 1.82) is 0 Å². The number of hydrogen-bond acceptors (Lipinski definition) is 5. The van der Waals surface area contributed by atoms with E-state index in [1.807, 2.05) is 16.8 Å². The van der Waals surface area contributed by atoms with Crippen LogP contribution in [0.5, 0.6) is 0 Å². The third-order valence-electron chi connectivity index (χ3n) is 3.99. The fourth-order valence-corrected chi connectivity index (χ4v) is 2.94. The Labute approximate surface area is 125 Å². The smallest absolute Gasteiger partial charge is 0.137 e. The van der Waals surface area contributed by atoms with Crippen LogP contribution in [0.15, 0.2) is 35.5 Å². The molecular formula is C15H23N5O. The van der Waals surface area contributed by atoms with Crippen LogP contribution in [0.3, 0.4) is 0 Å². The zero-order valence-electron chi connectivity index (χ0n) is 12.5. The van der Waals surface area contributed by atoms with Gasteiger partial charge in [-0.25, -0.2) is 4.98 Å². The number of piperidine rings is 1. The summed E-state index contributed by atoms with van der Waals surface area (Å²) in [4.78, 5) is 6.43. The van der Waals surface area contributed by atoms with E-state index in [0.29, 0.717) is 12.1 Å². The molecule has 0 radical (unpaired) electrons. The van der Waals surface area contributed by atoms with Crippen molar-refractivity contribution < 1.29 is 4.42 Å². The fourth-order valence-electron chi connectivity index (χ4n) is 2.94. The van der Waals surface area contributed by atoms with Crippen LogP contribution in [-0.4, -0.2) is 44.8 Å². The number of rotatable bonds is 6. The summed E-state index contributed by atoms with van der Waals surface area (Å²) >= 11 is 0. The average Bonchev–Trinajstić information content (AvgIpc) is 3.14. The second kappa shape index (κ2) is 6.87. The molecule has 0 spiro atoms. The zero-order chi connectivity index (χ0) is 14.5. The minimum Gasteiger partial charge on any atom is -0.468 e. The third-order valence-corrected chi connectivity index (χ3v) is 3.99. The van der Waals surface area contributed by atoms with Crippen molar-refractivity contribution in [3.8, 4) is 0 Å². The molecule has 2 aromatic rings. The summed E-state index contributed by atoms with van der Waals surface area (Å²) in [7, 11) is 0. The number of furan rings is 1. The number of aromatic nitrogens is 3. The summed E-state index contributed by atoms with van der Waals surface area (Å²) in [5.41, 5.74) is 0. The molecule has 3 rings (SSSR count). The van der Waals surface area contributed by atoms with Gasteiger partial charge >= 0.3 is 0 Å². The van der Waals surface area contributed by atoms with Crippen LogP contribution in [0.1, 0.15) is 25.5 Å². The molecule has 1 saturated heterocycles. The number of hydrogen-bond donors (Lipinski definition) is 1. The van der Waals surface area contributed by atoms with Gasteiger partial charge in [0.2, 0.25) is 0 Å². The largest absolute Gasteiger partial charge is 0.468 e. The van der Waals surface area contributed by atoms with Crippen molar-refractivity contribution in [2.45, 2.75) is 44.9 Å². The van der Waals surface area contributed by atoms with Crippen LogP contribution in [0.25, 0.3) is 0 Å². The van der Waals surface area contributed by atoms with Crippen molar-refractivity contribution in [3.63, 3.8) is 0 Å². The highest BCUT2D eigenvalue weighted by Gasteiger charge is 2.21. The molecule has 0 saturated carbocycles. The van der Waals surface area contributed by atoms with E-state index in [2.05, 4.69) is 27.2 Å². The maximum Gasteiger partial charge on any atom is 0.137 e. The molecule has 1 aliphatic heterocycles. The van der Waals surface area contributed by atoms with Crippen LogP contribution < -0.4 is 5.32 Å². The van der Waals surface area contributed by atoms with Crippen LogP contribution >= 0.6 is 0 Å². The van der Waals surface area contributed by atoms with Gasteiger partial charge in [0.1, 0.15) is 18.4 Å². The molecule has 1 atom stereocenters. The predicted molar refractivity (Wildman–Crippen MR) is 79.6 cm³/mol. The Balaban J connectivity index is 1.39. The van der Waals surface area contributed by atoms with Gasteiger partial charge in [0, 0.05) is 25.2 Å². The normalized spacial score (nSPS) is 18.9. The van der Waals surface area contributed by atoms with Crippen LogP contribution in [0.2, 0.25) is 0 Å². The second-order valence-corrected chi connectivity index (χ2v) is 5.82. The Morgan fingerprint density at radius 1 is 1.43 bits per heavy atom. The minimum atomic E-state index is 0.410. The van der Waals surface area contributed by atoms with Gasteiger partial charge in [-0.2, -0.15) is 5.10 Å². The topological polar surface area (TPSA) is 59.1 Å². The molecule has 21 heavy (non-hydrogen) atoms. The molecule has 6 nitrogen and oxygen atoms in total. The highest BCUT2D eigenvalue weighted by molar-refractivity contribution is 4.98. The first-order chi connectivity index (χ1) is 10.3. The molecule has 1 fully saturated rings. The van der Waals surface area contributed by atoms with Crippen LogP contribution in [0, 0.1) is 0 Å². The molecule has 0 amide bonds. The molecule has 3 heterocycles. The number of likely N-dealkylation sites (tertiary alicyclic amines) is 1. The van der Waals surface area contributed by atoms with Crippen molar-refractivity contribution in [2.24, 2.45) is 0 Å². The Hall–Kier alpha value is -1.66. The summed E-state index contributed by atoms with van der Waals surface area (Å²) in [5.74, 6) is 1.06. The first-order valence-electron chi connectivity index (χ1n) is 7.63. The molecule has 6 heteroatoms. The molecule has 0 aromatic carbocycles. The number of nitrogens with zero attached hydrogens (tertiary/aromatic N) is 4. The Morgan fingerprint density at radius 3 is 2.95 bits per heavy atom. The van der Waals surface area contributed by atoms with E-state index in [0.717, 1.165) is 31.9 Å². The van der Waals surface area contributed by atoms with Crippen molar-refractivity contribution in [3.05, 3.63) is 36.8 Å². The van der Waals surface area contributed by atoms with E-state index in [1.54, 1.807) is 18.9 Å². The lowest BCUT2D eigenvalue weighted by atomic mass is 10.0. The van der Waals surface area contributed by atoms with Crippen molar-refractivity contribution in [1.82, 2.24) is 25.0 Å². The monoisotopic (exact) mass is 289 g/mol. The van der Waals surface area contributed by atoms with Crippen LogP contribution in [-0.2, 0) is 13.1 Å². The molecule has 0 aliphatic carbocycles. The maximum absolute atomic E-state index is 5.41. The van der Waals surface area contributed by atoms with E-state index in [1.165, 1.54) is 12.8 Å². The van der Waals surface area contributed by atoms with Crippen molar-refractivity contribution >= 4 is 0 Å². The van der Waals surface area contributed by atoms with Gasteiger partial charge in [-0.3, -0.25) is 9.58 Å². The Bertz CT molecular complexity index is 502. The molecule has 1 unspecified atom stereocenters. The highest BCUT2D eigenvalue weighted by atomic mass is 16.3. The maximum atomic E-state index is 5.41. The lowest BCUT2D eigenvalue weighted by Gasteiger charge is -2.33. The molecule has 1 N–H and O–H groups in total. The third kappa shape index (κ3) is 4.15. The fraction of sp³-hybridized carbons (Fsp3) is 0.600. The highest BCUT2D eigenvalue weighted by Crippen LogP contribution is 2.14. The van der Waals surface area contributed by atoms with Gasteiger partial charge in [0.15, 0.2) is 0 Å². The minimum absolute atomic E-state index is 0.410. The molecule has 114 valence electrons. The summed E-state index contributed by atoms with van der Waals surface area (Å²) in [5, 5.41) is 7.85. The molecule has 1 aliphatic rings.